The Kier molecular flexibility index (Phi) is 8.36. The van der Waals surface area contributed by atoms with Gasteiger partial charge in [-0.25, -0.2) is 4.39 Å². The lowest BCUT2D eigenvalue weighted by molar-refractivity contribution is -0.125. The highest BCUT2D eigenvalue weighted by atomic mass is 19.1. The van der Waals surface area contributed by atoms with E-state index in [-0.39, 0.29) is 23.6 Å². The molecule has 4 heterocycles. The molecule has 2 amide bonds. The van der Waals surface area contributed by atoms with Gasteiger partial charge in [0.05, 0.1) is 41.3 Å². The van der Waals surface area contributed by atoms with Crippen molar-refractivity contribution in [3.05, 3.63) is 71.4 Å². The van der Waals surface area contributed by atoms with Crippen LogP contribution in [0.1, 0.15) is 34.5 Å². The van der Waals surface area contributed by atoms with Gasteiger partial charge >= 0.3 is 0 Å². The van der Waals surface area contributed by atoms with Crippen molar-refractivity contribution in [2.24, 2.45) is 0 Å². The number of carbonyl (C=O) groups is 2. The van der Waals surface area contributed by atoms with Crippen molar-refractivity contribution < 1.29 is 18.7 Å². The summed E-state index contributed by atoms with van der Waals surface area (Å²) < 4.78 is 19.8. The summed E-state index contributed by atoms with van der Waals surface area (Å²) >= 11 is 0. The molecule has 0 saturated carbocycles. The molecule has 0 spiro atoms. The van der Waals surface area contributed by atoms with E-state index in [1.165, 1.54) is 13.2 Å². The fourth-order valence-corrected chi connectivity index (χ4v) is 5.17. The number of aromatic amines is 1. The third-order valence-electron chi connectivity index (χ3n) is 7.13. The van der Waals surface area contributed by atoms with Gasteiger partial charge in [-0.2, -0.15) is 0 Å². The summed E-state index contributed by atoms with van der Waals surface area (Å²) in [4.78, 5) is 37.3. The predicted molar refractivity (Wildman–Crippen MR) is 156 cm³/mol. The number of hydrogen-bond acceptors (Lipinski definition) is 6. The van der Waals surface area contributed by atoms with Crippen LogP contribution in [0.3, 0.4) is 0 Å². The van der Waals surface area contributed by atoms with E-state index in [0.29, 0.717) is 54.3 Å². The van der Waals surface area contributed by atoms with Crippen molar-refractivity contribution in [1.82, 2.24) is 25.1 Å². The molecule has 0 bridgehead atoms. The average molecular weight is 557 g/mol. The average Bonchev–Trinajstić information content (AvgIpc) is 3.57. The topological polar surface area (TPSA) is 103 Å². The summed E-state index contributed by atoms with van der Waals surface area (Å²) in [5, 5.41) is 6.15. The van der Waals surface area contributed by atoms with Crippen molar-refractivity contribution in [3.8, 4) is 28.8 Å². The predicted octanol–water partition coefficient (Wildman–Crippen LogP) is 3.71. The molecule has 3 N–H and O–H groups in total. The van der Waals surface area contributed by atoms with Gasteiger partial charge in [-0.15, -0.1) is 0 Å². The standard InChI is InChI=1S/C31H33FN6O3/c1-37(2)17-6-10-26(39)38-18-5-7-21(38)12-11-20-19-33-15-13-22(20)28-29(27-24(35-28)14-16-34-31(27)40)36-25-9-4-8-23(32)30(25)41-3/h4,6,8-10,13,15,19,21,35-36H,5,7,14,16-18H2,1-3H3,(H,34,40)/b10-6+/t21-/m1/s1. The van der Waals surface area contributed by atoms with Gasteiger partial charge in [0, 0.05) is 55.8 Å². The Morgan fingerprint density at radius 3 is 3.00 bits per heavy atom. The molecule has 9 nitrogen and oxygen atoms in total. The number of likely N-dealkylation sites (N-methyl/N-ethyl adjacent to an activating group) is 1. The Balaban J connectivity index is 1.52. The lowest BCUT2D eigenvalue weighted by Crippen LogP contribution is -2.33. The highest BCUT2D eigenvalue weighted by molar-refractivity contribution is 6.06. The number of H-pyrrole nitrogens is 1. The minimum absolute atomic E-state index is 0.0463. The number of carbonyl (C=O) groups excluding carboxylic acids is 2. The lowest BCUT2D eigenvalue weighted by Gasteiger charge is -2.19. The zero-order chi connectivity index (χ0) is 28.9. The number of nitrogens with zero attached hydrogens (tertiary/aromatic N) is 3. The summed E-state index contributed by atoms with van der Waals surface area (Å²) in [6.45, 7) is 1.85. The van der Waals surface area contributed by atoms with Crippen LogP contribution in [0.25, 0.3) is 11.3 Å². The molecule has 1 atom stereocenters. The molecule has 1 fully saturated rings. The summed E-state index contributed by atoms with van der Waals surface area (Å²) in [7, 11) is 5.30. The van der Waals surface area contributed by atoms with Gasteiger partial charge in [-0.05, 0) is 45.1 Å². The number of anilines is 2. The molecule has 2 aliphatic rings. The molecular formula is C31H33FN6O3. The van der Waals surface area contributed by atoms with Crippen LogP contribution in [0.2, 0.25) is 0 Å². The second kappa shape index (κ2) is 12.3. The largest absolute Gasteiger partial charge is 0.492 e. The maximum Gasteiger partial charge on any atom is 0.255 e. The number of fused-ring (bicyclic) bond motifs is 1. The number of halogens is 1. The number of hydrogen-bond donors (Lipinski definition) is 3. The molecule has 1 aromatic carbocycles. The zero-order valence-corrected chi connectivity index (χ0v) is 23.4. The van der Waals surface area contributed by atoms with Gasteiger partial charge in [0.2, 0.25) is 5.91 Å². The van der Waals surface area contributed by atoms with Crippen molar-refractivity contribution >= 4 is 23.2 Å². The minimum Gasteiger partial charge on any atom is -0.492 e. The molecule has 2 aromatic heterocycles. The Morgan fingerprint density at radius 2 is 2.20 bits per heavy atom. The number of benzene rings is 1. The molecular weight excluding hydrogens is 523 g/mol. The number of nitrogens with one attached hydrogen (secondary N) is 3. The van der Waals surface area contributed by atoms with Crippen LogP contribution in [0.5, 0.6) is 5.75 Å². The van der Waals surface area contributed by atoms with Crippen molar-refractivity contribution in [1.29, 1.82) is 0 Å². The number of rotatable bonds is 7. The molecule has 0 aliphatic carbocycles. The number of pyridine rings is 1. The normalized spacial score (nSPS) is 16.4. The first-order valence-corrected chi connectivity index (χ1v) is 13.6. The maximum absolute atomic E-state index is 14.5. The number of aromatic nitrogens is 2. The highest BCUT2D eigenvalue weighted by Gasteiger charge is 2.29. The number of methoxy groups -OCH3 is 1. The zero-order valence-electron chi connectivity index (χ0n) is 23.4. The van der Waals surface area contributed by atoms with Gasteiger partial charge in [0.15, 0.2) is 11.6 Å². The number of para-hydroxylation sites is 1. The second-order valence-corrected chi connectivity index (χ2v) is 10.2. The number of ether oxygens (including phenoxy) is 1. The van der Waals surface area contributed by atoms with Crippen molar-refractivity contribution in [3.63, 3.8) is 0 Å². The second-order valence-electron chi connectivity index (χ2n) is 10.2. The van der Waals surface area contributed by atoms with E-state index in [4.69, 9.17) is 4.74 Å². The van der Waals surface area contributed by atoms with Gasteiger partial charge in [-0.1, -0.05) is 24.0 Å². The summed E-state index contributed by atoms with van der Waals surface area (Å²) in [5.74, 6) is 5.80. The minimum atomic E-state index is -0.518. The van der Waals surface area contributed by atoms with E-state index in [0.717, 1.165) is 24.1 Å². The van der Waals surface area contributed by atoms with Gasteiger partial charge in [-0.3, -0.25) is 14.6 Å². The van der Waals surface area contributed by atoms with Crippen molar-refractivity contribution in [2.75, 3.05) is 46.2 Å². The van der Waals surface area contributed by atoms with Crippen LogP contribution in [0.15, 0.2) is 48.8 Å². The van der Waals surface area contributed by atoms with Crippen LogP contribution < -0.4 is 15.4 Å². The van der Waals surface area contributed by atoms with E-state index in [1.807, 2.05) is 31.1 Å². The molecule has 1 saturated heterocycles. The third kappa shape index (κ3) is 5.95. The van der Waals surface area contributed by atoms with Crippen LogP contribution in [0, 0.1) is 17.7 Å². The van der Waals surface area contributed by atoms with Crippen LogP contribution in [-0.4, -0.2) is 78.5 Å². The lowest BCUT2D eigenvalue weighted by atomic mass is 10.0. The number of likely N-dealkylation sites (tertiary alicyclic amines) is 1. The molecule has 41 heavy (non-hydrogen) atoms. The van der Waals surface area contributed by atoms with Gasteiger partial charge in [0.25, 0.3) is 5.91 Å². The van der Waals surface area contributed by atoms with E-state index >= 15 is 0 Å². The highest BCUT2D eigenvalue weighted by Crippen LogP contribution is 2.40. The fraction of sp³-hybridized carbons (Fsp3) is 0.323. The summed E-state index contributed by atoms with van der Waals surface area (Å²) in [6, 6.07) is 6.20. The monoisotopic (exact) mass is 556 g/mol. The van der Waals surface area contributed by atoms with Crippen LogP contribution in [-0.2, 0) is 11.2 Å². The summed E-state index contributed by atoms with van der Waals surface area (Å²) in [5.41, 5.74) is 4.13. The van der Waals surface area contributed by atoms with Crippen molar-refractivity contribution in [2.45, 2.75) is 25.3 Å². The Bertz CT molecular complexity index is 1550. The Morgan fingerprint density at radius 1 is 1.34 bits per heavy atom. The molecule has 5 rings (SSSR count). The first-order chi connectivity index (χ1) is 19.9. The van der Waals surface area contributed by atoms with Gasteiger partial charge < -0.3 is 30.2 Å². The van der Waals surface area contributed by atoms with Gasteiger partial charge in [0.1, 0.15) is 0 Å². The molecule has 3 aromatic rings. The SMILES string of the molecule is COc1c(F)cccc1Nc1c(-c2ccncc2C#C[C@H]2CCCN2C(=O)/C=C/CN(C)C)[nH]c2c1C(=O)NCC2. The first kappa shape index (κ1) is 27.9. The van der Waals surface area contributed by atoms with Crippen LogP contribution >= 0.6 is 0 Å². The molecule has 0 radical (unpaired) electrons. The molecule has 2 aliphatic heterocycles. The van der Waals surface area contributed by atoms with E-state index in [1.54, 1.807) is 35.5 Å². The molecule has 212 valence electrons. The quantitative estimate of drug-likeness (QED) is 0.303. The van der Waals surface area contributed by atoms with E-state index in [9.17, 15) is 14.0 Å². The number of amides is 2. The van der Waals surface area contributed by atoms with E-state index < -0.39 is 5.82 Å². The molecule has 10 heteroatoms. The maximum atomic E-state index is 14.5. The Hall–Kier alpha value is -4.62. The molecule has 0 unspecified atom stereocenters. The Labute approximate surface area is 238 Å². The third-order valence-corrected chi connectivity index (χ3v) is 7.13. The van der Waals surface area contributed by atoms with E-state index in [2.05, 4.69) is 32.4 Å². The first-order valence-electron chi connectivity index (χ1n) is 13.6. The smallest absolute Gasteiger partial charge is 0.255 e. The summed E-state index contributed by atoms with van der Waals surface area (Å²) in [6.07, 6.45) is 9.09. The van der Waals surface area contributed by atoms with Crippen LogP contribution in [0.4, 0.5) is 15.8 Å². The fourth-order valence-electron chi connectivity index (χ4n) is 5.17.